The van der Waals surface area contributed by atoms with Crippen molar-refractivity contribution in [1.82, 2.24) is 0 Å². The van der Waals surface area contributed by atoms with E-state index < -0.39 is 0 Å². The minimum Gasteiger partial charge on any atom is -0.465 e. The van der Waals surface area contributed by atoms with Crippen molar-refractivity contribution in [3.05, 3.63) is 0 Å². The van der Waals surface area contributed by atoms with Gasteiger partial charge in [0.05, 0.1) is 12.5 Å². The van der Waals surface area contributed by atoms with Gasteiger partial charge in [0.2, 0.25) is 0 Å². The Labute approximate surface area is 215 Å². The van der Waals surface area contributed by atoms with Crippen molar-refractivity contribution in [2.45, 2.75) is 182 Å². The van der Waals surface area contributed by atoms with Gasteiger partial charge in [-0.25, -0.2) is 0 Å². The Bertz CT molecular complexity index is 406. The summed E-state index contributed by atoms with van der Waals surface area (Å²) in [5.41, 5.74) is 0. The van der Waals surface area contributed by atoms with E-state index in [4.69, 9.17) is 4.74 Å². The lowest BCUT2D eigenvalue weighted by Crippen LogP contribution is -2.21. The van der Waals surface area contributed by atoms with Crippen LogP contribution in [-0.2, 0) is 9.53 Å². The highest BCUT2D eigenvalue weighted by Gasteiger charge is 2.19. The average Bonchev–Trinajstić information content (AvgIpc) is 2.85. The van der Waals surface area contributed by atoms with Crippen LogP contribution in [0.2, 0.25) is 0 Å². The average molecular weight is 481 g/mol. The lowest BCUT2D eigenvalue weighted by molar-refractivity contribution is -0.150. The first-order chi connectivity index (χ1) is 16.7. The maximum Gasteiger partial charge on any atom is 0.308 e. The number of esters is 1. The Hall–Kier alpha value is -0.530. The molecule has 2 unspecified atom stereocenters. The summed E-state index contributed by atoms with van der Waals surface area (Å²) >= 11 is 0. The van der Waals surface area contributed by atoms with E-state index in [0.717, 1.165) is 25.7 Å². The highest BCUT2D eigenvalue weighted by atomic mass is 16.5. The van der Waals surface area contributed by atoms with Gasteiger partial charge in [0, 0.05) is 0 Å². The van der Waals surface area contributed by atoms with Crippen molar-refractivity contribution in [2.75, 3.05) is 6.61 Å². The summed E-state index contributed by atoms with van der Waals surface area (Å²) in [6.45, 7) is 9.56. The van der Waals surface area contributed by atoms with Crippen LogP contribution in [0.25, 0.3) is 0 Å². The zero-order chi connectivity index (χ0) is 25.1. The van der Waals surface area contributed by atoms with Crippen molar-refractivity contribution in [2.24, 2.45) is 11.8 Å². The van der Waals surface area contributed by atoms with Crippen LogP contribution in [0.4, 0.5) is 0 Å². The number of hydrogen-bond acceptors (Lipinski definition) is 2. The topological polar surface area (TPSA) is 26.3 Å². The fraction of sp³-hybridized carbons (Fsp3) is 0.969. The van der Waals surface area contributed by atoms with E-state index in [2.05, 4.69) is 27.7 Å². The molecule has 0 rings (SSSR count). The van der Waals surface area contributed by atoms with Crippen molar-refractivity contribution in [3.63, 3.8) is 0 Å². The van der Waals surface area contributed by atoms with Gasteiger partial charge in [0.1, 0.15) is 0 Å². The number of carbonyl (C=O) groups excluding carboxylic acids is 1. The molecular formula is C32H64O2. The standard InChI is InChI=1S/C32H64O2/c1-5-9-12-14-16-18-19-21-23-25-27-30(26-24-22-20-17-15-13-10-6-2)29-34-32(33)31(8-4)28-11-7-3/h30-31H,5-29H2,1-4H3. The van der Waals surface area contributed by atoms with Crippen LogP contribution in [0.3, 0.4) is 0 Å². The summed E-state index contributed by atoms with van der Waals surface area (Å²) in [4.78, 5) is 12.6. The van der Waals surface area contributed by atoms with Gasteiger partial charge in [0.15, 0.2) is 0 Å². The quantitative estimate of drug-likeness (QED) is 0.0862. The van der Waals surface area contributed by atoms with Crippen molar-refractivity contribution in [3.8, 4) is 0 Å². The van der Waals surface area contributed by atoms with Gasteiger partial charge in [0.25, 0.3) is 0 Å². The first-order valence-electron chi connectivity index (χ1n) is 15.9. The van der Waals surface area contributed by atoms with E-state index in [0.29, 0.717) is 12.5 Å². The summed E-state index contributed by atoms with van der Waals surface area (Å²) in [6, 6.07) is 0. The number of hydrogen-bond donors (Lipinski definition) is 0. The molecule has 0 bridgehead atoms. The second kappa shape index (κ2) is 27.1. The number of rotatable bonds is 27. The first kappa shape index (κ1) is 33.5. The van der Waals surface area contributed by atoms with E-state index in [1.807, 2.05) is 0 Å². The molecule has 34 heavy (non-hydrogen) atoms. The van der Waals surface area contributed by atoms with Crippen LogP contribution in [0.1, 0.15) is 182 Å². The molecular weight excluding hydrogens is 416 g/mol. The molecule has 0 aliphatic rings. The molecule has 0 spiro atoms. The zero-order valence-corrected chi connectivity index (χ0v) is 24.1. The van der Waals surface area contributed by atoms with Crippen LogP contribution in [0.15, 0.2) is 0 Å². The smallest absolute Gasteiger partial charge is 0.308 e. The summed E-state index contributed by atoms with van der Waals surface area (Å²) in [5, 5.41) is 0. The van der Waals surface area contributed by atoms with Gasteiger partial charge >= 0.3 is 5.97 Å². The second-order valence-electron chi connectivity index (χ2n) is 11.0. The van der Waals surface area contributed by atoms with Gasteiger partial charge in [-0.15, -0.1) is 0 Å². The third-order valence-corrected chi connectivity index (χ3v) is 7.63. The number of ether oxygens (including phenoxy) is 1. The summed E-state index contributed by atoms with van der Waals surface area (Å²) in [7, 11) is 0. The molecule has 0 saturated carbocycles. The monoisotopic (exact) mass is 480 g/mol. The minimum atomic E-state index is 0.0694. The predicted octanol–water partition coefficient (Wildman–Crippen LogP) is 11.2. The predicted molar refractivity (Wildman–Crippen MR) is 151 cm³/mol. The third kappa shape index (κ3) is 22.0. The third-order valence-electron chi connectivity index (χ3n) is 7.63. The number of carbonyl (C=O) groups is 1. The summed E-state index contributed by atoms with van der Waals surface area (Å²) < 4.78 is 5.88. The normalized spacial score (nSPS) is 13.2. The lowest BCUT2D eigenvalue weighted by atomic mass is 9.94. The molecule has 0 saturated heterocycles. The van der Waals surface area contributed by atoms with Crippen molar-refractivity contribution < 1.29 is 9.53 Å². The highest BCUT2D eigenvalue weighted by molar-refractivity contribution is 5.72. The largest absolute Gasteiger partial charge is 0.465 e. The SMILES string of the molecule is CCCCCCCCCCCCC(CCCCCCCCCC)COC(=O)C(CC)CCCC. The van der Waals surface area contributed by atoms with E-state index >= 15 is 0 Å². The van der Waals surface area contributed by atoms with E-state index in [1.54, 1.807) is 0 Å². The molecule has 0 N–H and O–H groups in total. The van der Waals surface area contributed by atoms with Gasteiger partial charge in [-0.2, -0.15) is 0 Å². The van der Waals surface area contributed by atoms with E-state index in [9.17, 15) is 4.79 Å². The Kier molecular flexibility index (Phi) is 26.6. The molecule has 0 aliphatic heterocycles. The molecule has 0 heterocycles. The Morgan fingerprint density at radius 1 is 0.500 bits per heavy atom. The van der Waals surface area contributed by atoms with Crippen LogP contribution in [0, 0.1) is 11.8 Å². The van der Waals surface area contributed by atoms with Gasteiger partial charge in [-0.3, -0.25) is 4.79 Å². The van der Waals surface area contributed by atoms with Gasteiger partial charge in [-0.1, -0.05) is 156 Å². The molecule has 2 heteroatoms. The fourth-order valence-corrected chi connectivity index (χ4v) is 5.06. The maximum atomic E-state index is 12.6. The Morgan fingerprint density at radius 2 is 0.882 bits per heavy atom. The zero-order valence-electron chi connectivity index (χ0n) is 24.1. The molecule has 2 nitrogen and oxygen atoms in total. The lowest BCUT2D eigenvalue weighted by Gasteiger charge is -2.20. The van der Waals surface area contributed by atoms with Crippen LogP contribution < -0.4 is 0 Å². The molecule has 0 aliphatic carbocycles. The van der Waals surface area contributed by atoms with Crippen molar-refractivity contribution >= 4 is 5.97 Å². The van der Waals surface area contributed by atoms with E-state index in [1.165, 1.54) is 128 Å². The van der Waals surface area contributed by atoms with Crippen molar-refractivity contribution in [1.29, 1.82) is 0 Å². The molecule has 0 fully saturated rings. The molecule has 0 aromatic carbocycles. The Balaban J connectivity index is 4.17. The van der Waals surface area contributed by atoms with Crippen LogP contribution in [0.5, 0.6) is 0 Å². The highest BCUT2D eigenvalue weighted by Crippen LogP contribution is 2.22. The number of unbranched alkanes of at least 4 members (excludes halogenated alkanes) is 17. The Morgan fingerprint density at radius 3 is 1.26 bits per heavy atom. The maximum absolute atomic E-state index is 12.6. The molecule has 2 atom stereocenters. The molecule has 0 aromatic rings. The second-order valence-corrected chi connectivity index (χ2v) is 11.0. The molecule has 204 valence electrons. The summed E-state index contributed by atoms with van der Waals surface area (Å²) in [6.07, 6.45) is 31.5. The van der Waals surface area contributed by atoms with Gasteiger partial charge < -0.3 is 4.74 Å². The summed E-state index contributed by atoms with van der Waals surface area (Å²) in [5.74, 6) is 0.753. The molecule has 0 amide bonds. The van der Waals surface area contributed by atoms with Crippen LogP contribution >= 0.6 is 0 Å². The van der Waals surface area contributed by atoms with E-state index in [-0.39, 0.29) is 11.9 Å². The molecule has 0 aromatic heterocycles. The van der Waals surface area contributed by atoms with Gasteiger partial charge in [-0.05, 0) is 31.6 Å². The first-order valence-corrected chi connectivity index (χ1v) is 15.9. The molecule has 0 radical (unpaired) electrons. The fourth-order valence-electron chi connectivity index (χ4n) is 5.06. The minimum absolute atomic E-state index is 0.0694. The van der Waals surface area contributed by atoms with Crippen LogP contribution in [-0.4, -0.2) is 12.6 Å².